The molecule has 1 heterocycles. The molecule has 0 fully saturated rings. The Morgan fingerprint density at radius 2 is 1.86 bits per heavy atom. The van der Waals surface area contributed by atoms with E-state index >= 15 is 0 Å². The summed E-state index contributed by atoms with van der Waals surface area (Å²) in [6.07, 6.45) is 1.05. The highest BCUT2D eigenvalue weighted by molar-refractivity contribution is 5.56. The zero-order valence-electron chi connectivity index (χ0n) is 13.7. The quantitative estimate of drug-likeness (QED) is 0.805. The molecule has 0 saturated carbocycles. The third kappa shape index (κ3) is 4.62. The molecule has 2 rings (SSSR count). The van der Waals surface area contributed by atoms with E-state index in [-0.39, 0.29) is 0 Å². The standard InChI is InChI=1S/C17H24N4O/c1-5-12(3)18-16-11-13(4)19-17(21-16)20-14-7-9-15(10-8-14)22-6-2/h7-12H,5-6H2,1-4H3,(H2,18,19,20,21). The number of nitrogens with one attached hydrogen (secondary N) is 2. The molecule has 1 aromatic heterocycles. The number of nitrogens with zero attached hydrogens (tertiary/aromatic N) is 2. The molecule has 1 atom stereocenters. The molecule has 0 aliphatic rings. The molecule has 0 amide bonds. The first-order valence-corrected chi connectivity index (χ1v) is 7.72. The van der Waals surface area contributed by atoms with Gasteiger partial charge in [-0.15, -0.1) is 0 Å². The second-order valence-electron chi connectivity index (χ2n) is 5.25. The van der Waals surface area contributed by atoms with Gasteiger partial charge in [0.25, 0.3) is 0 Å². The van der Waals surface area contributed by atoms with Gasteiger partial charge in [-0.3, -0.25) is 0 Å². The van der Waals surface area contributed by atoms with Crippen molar-refractivity contribution in [2.24, 2.45) is 0 Å². The van der Waals surface area contributed by atoms with Crippen molar-refractivity contribution in [1.29, 1.82) is 0 Å². The van der Waals surface area contributed by atoms with E-state index in [1.54, 1.807) is 0 Å². The first-order valence-electron chi connectivity index (χ1n) is 7.72. The first kappa shape index (κ1) is 16.1. The van der Waals surface area contributed by atoms with Gasteiger partial charge in [0.2, 0.25) is 5.95 Å². The van der Waals surface area contributed by atoms with Crippen LogP contribution in [0.25, 0.3) is 0 Å². The lowest BCUT2D eigenvalue weighted by atomic mass is 10.2. The van der Waals surface area contributed by atoms with Gasteiger partial charge < -0.3 is 15.4 Å². The monoisotopic (exact) mass is 300 g/mol. The Hall–Kier alpha value is -2.30. The fraction of sp³-hybridized carbons (Fsp3) is 0.412. The Bertz CT molecular complexity index is 598. The van der Waals surface area contributed by atoms with Crippen LogP contribution in [0.3, 0.4) is 0 Å². The highest BCUT2D eigenvalue weighted by Crippen LogP contribution is 2.19. The Morgan fingerprint density at radius 1 is 1.14 bits per heavy atom. The average Bonchev–Trinajstić information content (AvgIpc) is 2.49. The number of ether oxygens (including phenoxy) is 1. The summed E-state index contributed by atoms with van der Waals surface area (Å²) in [5.41, 5.74) is 1.86. The molecule has 2 N–H and O–H groups in total. The lowest BCUT2D eigenvalue weighted by molar-refractivity contribution is 0.340. The van der Waals surface area contributed by atoms with Crippen LogP contribution in [0.5, 0.6) is 5.75 Å². The van der Waals surface area contributed by atoms with Crippen molar-refractivity contribution in [2.75, 3.05) is 17.2 Å². The molecule has 2 aromatic rings. The van der Waals surface area contributed by atoms with E-state index < -0.39 is 0 Å². The van der Waals surface area contributed by atoms with Gasteiger partial charge in [-0.1, -0.05) is 6.92 Å². The smallest absolute Gasteiger partial charge is 0.229 e. The minimum atomic E-state index is 0.382. The largest absolute Gasteiger partial charge is 0.494 e. The van der Waals surface area contributed by atoms with Crippen molar-refractivity contribution in [3.05, 3.63) is 36.0 Å². The zero-order valence-corrected chi connectivity index (χ0v) is 13.7. The lowest BCUT2D eigenvalue weighted by Gasteiger charge is -2.14. The van der Waals surface area contributed by atoms with E-state index in [1.807, 2.05) is 44.2 Å². The van der Waals surface area contributed by atoms with Crippen LogP contribution in [-0.2, 0) is 0 Å². The second-order valence-corrected chi connectivity index (χ2v) is 5.25. The summed E-state index contributed by atoms with van der Waals surface area (Å²) in [4.78, 5) is 8.94. The maximum absolute atomic E-state index is 5.44. The fourth-order valence-corrected chi connectivity index (χ4v) is 1.98. The normalized spacial score (nSPS) is 11.8. The molecular formula is C17H24N4O. The van der Waals surface area contributed by atoms with Gasteiger partial charge in [-0.25, -0.2) is 4.98 Å². The average molecular weight is 300 g/mol. The molecule has 22 heavy (non-hydrogen) atoms. The fourth-order valence-electron chi connectivity index (χ4n) is 1.98. The lowest BCUT2D eigenvalue weighted by Crippen LogP contribution is -2.15. The SMILES string of the molecule is CCOc1ccc(Nc2nc(C)cc(NC(C)CC)n2)cc1. The van der Waals surface area contributed by atoms with E-state index in [0.29, 0.717) is 18.6 Å². The van der Waals surface area contributed by atoms with Crippen molar-refractivity contribution in [3.63, 3.8) is 0 Å². The molecule has 5 heteroatoms. The number of rotatable bonds is 7. The van der Waals surface area contributed by atoms with Crippen LogP contribution in [-0.4, -0.2) is 22.6 Å². The molecule has 0 aliphatic carbocycles. The third-order valence-electron chi connectivity index (χ3n) is 3.28. The second kappa shape index (κ2) is 7.64. The summed E-state index contributed by atoms with van der Waals surface area (Å²) >= 11 is 0. The molecule has 0 spiro atoms. The van der Waals surface area contributed by atoms with Crippen LogP contribution in [0, 0.1) is 6.92 Å². The van der Waals surface area contributed by atoms with Gasteiger partial charge in [0.15, 0.2) is 0 Å². The Kier molecular flexibility index (Phi) is 5.58. The van der Waals surface area contributed by atoms with Gasteiger partial charge in [0.05, 0.1) is 6.61 Å². The highest BCUT2D eigenvalue weighted by atomic mass is 16.5. The summed E-state index contributed by atoms with van der Waals surface area (Å²) in [6.45, 7) is 8.88. The summed E-state index contributed by atoms with van der Waals surface area (Å²) in [5.74, 6) is 2.29. The topological polar surface area (TPSA) is 59.1 Å². The summed E-state index contributed by atoms with van der Waals surface area (Å²) in [6, 6.07) is 10.1. The van der Waals surface area contributed by atoms with Crippen LogP contribution in [0.2, 0.25) is 0 Å². The van der Waals surface area contributed by atoms with Crippen LogP contribution in [0.4, 0.5) is 17.5 Å². The number of anilines is 3. The molecule has 0 aliphatic heterocycles. The van der Waals surface area contributed by atoms with E-state index in [2.05, 4.69) is 34.4 Å². The summed E-state index contributed by atoms with van der Waals surface area (Å²) < 4.78 is 5.44. The number of aromatic nitrogens is 2. The summed E-state index contributed by atoms with van der Waals surface area (Å²) in [7, 11) is 0. The van der Waals surface area contributed by atoms with Crippen LogP contribution in [0.1, 0.15) is 32.9 Å². The van der Waals surface area contributed by atoms with Crippen molar-refractivity contribution < 1.29 is 4.74 Å². The minimum absolute atomic E-state index is 0.382. The zero-order chi connectivity index (χ0) is 15.9. The number of hydrogen-bond donors (Lipinski definition) is 2. The minimum Gasteiger partial charge on any atom is -0.494 e. The number of aryl methyl sites for hydroxylation is 1. The summed E-state index contributed by atoms with van der Waals surface area (Å²) in [5, 5.41) is 6.60. The molecule has 5 nitrogen and oxygen atoms in total. The predicted molar refractivity (Wildman–Crippen MR) is 91.0 cm³/mol. The Balaban J connectivity index is 2.11. The van der Waals surface area contributed by atoms with Gasteiger partial charge in [-0.05, 0) is 51.5 Å². The molecular weight excluding hydrogens is 276 g/mol. The maximum Gasteiger partial charge on any atom is 0.229 e. The van der Waals surface area contributed by atoms with E-state index in [0.717, 1.165) is 29.4 Å². The van der Waals surface area contributed by atoms with Crippen molar-refractivity contribution in [2.45, 2.75) is 40.2 Å². The van der Waals surface area contributed by atoms with Gasteiger partial charge in [-0.2, -0.15) is 4.98 Å². The molecule has 118 valence electrons. The highest BCUT2D eigenvalue weighted by Gasteiger charge is 2.05. The first-order chi connectivity index (χ1) is 10.6. The van der Waals surface area contributed by atoms with E-state index in [4.69, 9.17) is 4.74 Å². The van der Waals surface area contributed by atoms with Gasteiger partial charge in [0.1, 0.15) is 11.6 Å². The van der Waals surface area contributed by atoms with E-state index in [9.17, 15) is 0 Å². The number of benzene rings is 1. The number of hydrogen-bond acceptors (Lipinski definition) is 5. The van der Waals surface area contributed by atoms with Crippen LogP contribution in [0.15, 0.2) is 30.3 Å². The Morgan fingerprint density at radius 3 is 2.50 bits per heavy atom. The molecule has 0 radical (unpaired) electrons. The molecule has 1 unspecified atom stereocenters. The van der Waals surface area contributed by atoms with Crippen LogP contribution < -0.4 is 15.4 Å². The molecule has 0 bridgehead atoms. The Labute approximate surface area is 132 Å². The van der Waals surface area contributed by atoms with E-state index in [1.165, 1.54) is 0 Å². The van der Waals surface area contributed by atoms with Crippen molar-refractivity contribution in [3.8, 4) is 5.75 Å². The molecule has 0 saturated heterocycles. The van der Waals surface area contributed by atoms with Crippen molar-refractivity contribution in [1.82, 2.24) is 9.97 Å². The van der Waals surface area contributed by atoms with Gasteiger partial charge >= 0.3 is 0 Å². The third-order valence-corrected chi connectivity index (χ3v) is 3.28. The molecule has 1 aromatic carbocycles. The van der Waals surface area contributed by atoms with Crippen LogP contribution >= 0.6 is 0 Å². The predicted octanol–water partition coefficient (Wildman–Crippen LogP) is 4.14. The maximum atomic E-state index is 5.44. The van der Waals surface area contributed by atoms with Gasteiger partial charge in [0, 0.05) is 23.5 Å². The van der Waals surface area contributed by atoms with Crippen molar-refractivity contribution >= 4 is 17.5 Å².